The molecule has 1 heterocycles. The minimum absolute atomic E-state index is 0.102. The number of primary amides is 1. The number of hydrogen-bond donors (Lipinski definition) is 2. The van der Waals surface area contributed by atoms with Crippen LogP contribution >= 0.6 is 0 Å². The molecule has 0 radical (unpaired) electrons. The lowest BCUT2D eigenvalue weighted by Crippen LogP contribution is -2.37. The Balaban J connectivity index is 2.97. The summed E-state index contributed by atoms with van der Waals surface area (Å²) >= 11 is 0. The Morgan fingerprint density at radius 1 is 1.50 bits per heavy atom. The van der Waals surface area contributed by atoms with E-state index in [1.807, 2.05) is 0 Å². The average Bonchev–Trinajstić information content (AvgIpc) is 2.25. The number of nitrogens with one attached hydrogen (secondary N) is 1. The van der Waals surface area contributed by atoms with Crippen LogP contribution in [-0.2, 0) is 14.6 Å². The third kappa shape index (κ3) is 3.43. The molecule has 1 aromatic rings. The van der Waals surface area contributed by atoms with E-state index in [0.717, 1.165) is 6.26 Å². The van der Waals surface area contributed by atoms with Crippen molar-refractivity contribution in [3.63, 3.8) is 0 Å². The monoisotopic (exact) mass is 271 g/mol. The quantitative estimate of drug-likeness (QED) is 0.807. The van der Waals surface area contributed by atoms with Crippen LogP contribution in [0.5, 0.6) is 0 Å². The summed E-state index contributed by atoms with van der Waals surface area (Å²) in [6, 6.07) is 3.00. The molecule has 0 aliphatic heterocycles. The first-order valence-corrected chi connectivity index (χ1v) is 7.22. The highest BCUT2D eigenvalue weighted by atomic mass is 32.2. The standard InChI is InChI=1S/C11H17N3O3S/c1-11(2,10(12)15)7-14-9-8(18(3,16)17)5-4-6-13-9/h4-6H,7H2,1-3H3,(H2,12,15)(H,13,14). The topological polar surface area (TPSA) is 102 Å². The number of hydrogen-bond acceptors (Lipinski definition) is 5. The van der Waals surface area contributed by atoms with Crippen LogP contribution in [0, 0.1) is 5.41 Å². The van der Waals surface area contributed by atoms with Crippen LogP contribution in [0.15, 0.2) is 23.2 Å². The van der Waals surface area contributed by atoms with Crippen LogP contribution in [0.2, 0.25) is 0 Å². The van der Waals surface area contributed by atoms with E-state index in [2.05, 4.69) is 10.3 Å². The van der Waals surface area contributed by atoms with E-state index in [4.69, 9.17) is 5.73 Å². The molecule has 7 heteroatoms. The molecule has 18 heavy (non-hydrogen) atoms. The van der Waals surface area contributed by atoms with Crippen LogP contribution in [0.25, 0.3) is 0 Å². The zero-order chi connectivity index (χ0) is 14.0. The predicted molar refractivity (Wildman–Crippen MR) is 68.8 cm³/mol. The van der Waals surface area contributed by atoms with E-state index >= 15 is 0 Å². The van der Waals surface area contributed by atoms with Crippen molar-refractivity contribution in [1.29, 1.82) is 0 Å². The summed E-state index contributed by atoms with van der Waals surface area (Å²) in [6.07, 6.45) is 2.59. The normalized spacial score (nSPS) is 12.2. The fraction of sp³-hybridized carbons (Fsp3) is 0.455. The van der Waals surface area contributed by atoms with Gasteiger partial charge in [-0.1, -0.05) is 0 Å². The van der Waals surface area contributed by atoms with E-state index in [9.17, 15) is 13.2 Å². The van der Waals surface area contributed by atoms with Crippen LogP contribution < -0.4 is 11.1 Å². The van der Waals surface area contributed by atoms with Gasteiger partial charge < -0.3 is 11.1 Å². The molecule has 1 rings (SSSR count). The SMILES string of the molecule is CC(C)(CNc1ncccc1S(C)(=O)=O)C(N)=O. The number of carbonyl (C=O) groups is 1. The molecule has 0 fully saturated rings. The Morgan fingerprint density at radius 3 is 2.61 bits per heavy atom. The highest BCUT2D eigenvalue weighted by Crippen LogP contribution is 2.20. The van der Waals surface area contributed by atoms with Gasteiger partial charge in [-0.05, 0) is 26.0 Å². The van der Waals surface area contributed by atoms with Gasteiger partial charge in [-0.15, -0.1) is 0 Å². The van der Waals surface area contributed by atoms with Gasteiger partial charge in [0.05, 0.1) is 5.41 Å². The van der Waals surface area contributed by atoms with Crippen molar-refractivity contribution in [2.24, 2.45) is 11.1 Å². The molecule has 0 aliphatic carbocycles. The maximum atomic E-state index is 11.5. The molecule has 0 spiro atoms. The molecule has 3 N–H and O–H groups in total. The van der Waals surface area contributed by atoms with Gasteiger partial charge in [0.25, 0.3) is 0 Å². The van der Waals surface area contributed by atoms with Gasteiger partial charge in [0.2, 0.25) is 5.91 Å². The van der Waals surface area contributed by atoms with Gasteiger partial charge >= 0.3 is 0 Å². The summed E-state index contributed by atoms with van der Waals surface area (Å²) in [7, 11) is -3.36. The largest absolute Gasteiger partial charge is 0.369 e. The van der Waals surface area contributed by atoms with Gasteiger partial charge in [-0.3, -0.25) is 4.79 Å². The molecule has 0 saturated heterocycles. The Bertz CT molecular complexity index is 552. The van der Waals surface area contributed by atoms with Gasteiger partial charge in [0, 0.05) is 19.0 Å². The molecule has 0 unspecified atom stereocenters. The first-order chi connectivity index (χ1) is 8.14. The summed E-state index contributed by atoms with van der Waals surface area (Å²) in [5, 5.41) is 2.85. The first kappa shape index (κ1) is 14.4. The smallest absolute Gasteiger partial charge is 0.224 e. The molecule has 1 aromatic heterocycles. The second-order valence-corrected chi connectivity index (χ2v) is 6.71. The van der Waals surface area contributed by atoms with Crippen molar-refractivity contribution in [1.82, 2.24) is 4.98 Å². The number of anilines is 1. The van der Waals surface area contributed by atoms with Crippen molar-refractivity contribution >= 4 is 21.6 Å². The zero-order valence-electron chi connectivity index (χ0n) is 10.6. The minimum atomic E-state index is -3.36. The van der Waals surface area contributed by atoms with Gasteiger partial charge in [-0.25, -0.2) is 13.4 Å². The molecule has 1 amide bonds. The fourth-order valence-electron chi connectivity index (χ4n) is 1.21. The van der Waals surface area contributed by atoms with E-state index in [1.165, 1.54) is 12.3 Å². The summed E-state index contributed by atoms with van der Waals surface area (Å²) in [5.74, 6) is -0.235. The molecular formula is C11H17N3O3S. The number of amides is 1. The number of carbonyl (C=O) groups excluding carboxylic acids is 1. The lowest BCUT2D eigenvalue weighted by Gasteiger charge is -2.21. The summed E-state index contributed by atoms with van der Waals surface area (Å²) in [5.41, 5.74) is 4.46. The number of aromatic nitrogens is 1. The number of rotatable bonds is 5. The molecule has 0 bridgehead atoms. The molecular weight excluding hydrogens is 254 g/mol. The Hall–Kier alpha value is -1.63. The molecule has 0 aromatic carbocycles. The predicted octanol–water partition coefficient (Wildman–Crippen LogP) is 0.408. The maximum Gasteiger partial charge on any atom is 0.224 e. The second-order valence-electron chi connectivity index (χ2n) is 4.72. The lowest BCUT2D eigenvalue weighted by atomic mass is 9.93. The summed E-state index contributed by atoms with van der Waals surface area (Å²) < 4.78 is 23.1. The molecule has 100 valence electrons. The van der Waals surface area contributed by atoms with Crippen molar-refractivity contribution in [2.75, 3.05) is 18.1 Å². The van der Waals surface area contributed by atoms with Crippen LogP contribution in [-0.4, -0.2) is 32.1 Å². The number of pyridine rings is 1. The zero-order valence-corrected chi connectivity index (χ0v) is 11.4. The lowest BCUT2D eigenvalue weighted by molar-refractivity contribution is -0.125. The van der Waals surface area contributed by atoms with Crippen LogP contribution in [0.4, 0.5) is 5.82 Å². The Morgan fingerprint density at radius 2 is 2.11 bits per heavy atom. The number of nitrogens with two attached hydrogens (primary N) is 1. The van der Waals surface area contributed by atoms with E-state index in [1.54, 1.807) is 19.9 Å². The molecule has 0 saturated carbocycles. The van der Waals surface area contributed by atoms with Crippen molar-refractivity contribution in [3.05, 3.63) is 18.3 Å². The molecule has 6 nitrogen and oxygen atoms in total. The van der Waals surface area contributed by atoms with E-state index in [0.29, 0.717) is 0 Å². The summed E-state index contributed by atoms with van der Waals surface area (Å²) in [4.78, 5) is 15.2. The van der Waals surface area contributed by atoms with Crippen molar-refractivity contribution in [2.45, 2.75) is 18.7 Å². The Kier molecular flexibility index (Phi) is 3.95. The number of sulfone groups is 1. The maximum absolute atomic E-state index is 11.5. The minimum Gasteiger partial charge on any atom is -0.369 e. The highest BCUT2D eigenvalue weighted by Gasteiger charge is 2.25. The van der Waals surface area contributed by atoms with Crippen LogP contribution in [0.3, 0.4) is 0 Å². The number of nitrogens with zero attached hydrogens (tertiary/aromatic N) is 1. The molecule has 0 atom stereocenters. The highest BCUT2D eigenvalue weighted by molar-refractivity contribution is 7.90. The third-order valence-corrected chi connectivity index (χ3v) is 3.66. The van der Waals surface area contributed by atoms with Gasteiger partial charge in [-0.2, -0.15) is 0 Å². The average molecular weight is 271 g/mol. The Labute approximate surface area is 107 Å². The van der Waals surface area contributed by atoms with Gasteiger partial charge in [0.1, 0.15) is 10.7 Å². The van der Waals surface area contributed by atoms with E-state index < -0.39 is 21.2 Å². The molecule has 0 aliphatic rings. The second kappa shape index (κ2) is 4.93. The van der Waals surface area contributed by atoms with E-state index in [-0.39, 0.29) is 17.3 Å². The van der Waals surface area contributed by atoms with Gasteiger partial charge in [0.15, 0.2) is 9.84 Å². The van der Waals surface area contributed by atoms with Crippen molar-refractivity contribution in [3.8, 4) is 0 Å². The van der Waals surface area contributed by atoms with Crippen molar-refractivity contribution < 1.29 is 13.2 Å². The fourth-order valence-corrected chi connectivity index (χ4v) is 2.02. The third-order valence-electron chi connectivity index (χ3n) is 2.53. The first-order valence-electron chi connectivity index (χ1n) is 5.33. The summed E-state index contributed by atoms with van der Waals surface area (Å²) in [6.45, 7) is 3.55. The van der Waals surface area contributed by atoms with Crippen LogP contribution in [0.1, 0.15) is 13.8 Å².